The Morgan fingerprint density at radius 2 is 2.20 bits per heavy atom. The Hall–Kier alpha value is -1.82. The van der Waals surface area contributed by atoms with E-state index in [2.05, 4.69) is 24.2 Å². The van der Waals surface area contributed by atoms with Crippen LogP contribution in [0.1, 0.15) is 20.3 Å². The SMILES string of the molecule is CN=C(NC1C2CCOC2C1(C)C)N(C)CCOc1ccccc1F. The van der Waals surface area contributed by atoms with Crippen molar-refractivity contribution in [3.8, 4) is 5.75 Å². The highest BCUT2D eigenvalue weighted by atomic mass is 19.1. The minimum atomic E-state index is -0.337. The molecule has 0 radical (unpaired) electrons. The summed E-state index contributed by atoms with van der Waals surface area (Å²) < 4.78 is 25.0. The molecule has 1 N–H and O–H groups in total. The Kier molecular flexibility index (Phi) is 5.18. The van der Waals surface area contributed by atoms with Gasteiger partial charge in [0.15, 0.2) is 17.5 Å². The summed E-state index contributed by atoms with van der Waals surface area (Å²) in [5, 5.41) is 3.59. The van der Waals surface area contributed by atoms with Gasteiger partial charge in [0.25, 0.3) is 0 Å². The summed E-state index contributed by atoms with van der Waals surface area (Å²) in [6.07, 6.45) is 1.45. The van der Waals surface area contributed by atoms with Gasteiger partial charge in [-0.3, -0.25) is 4.99 Å². The zero-order valence-corrected chi connectivity index (χ0v) is 15.5. The lowest BCUT2D eigenvalue weighted by molar-refractivity contribution is -0.107. The molecule has 0 spiro atoms. The van der Waals surface area contributed by atoms with Crippen molar-refractivity contribution in [1.82, 2.24) is 10.2 Å². The summed E-state index contributed by atoms with van der Waals surface area (Å²) in [6.45, 7) is 6.34. The molecule has 1 aromatic carbocycles. The second-order valence-corrected chi connectivity index (χ2v) is 7.43. The number of para-hydroxylation sites is 1. The largest absolute Gasteiger partial charge is 0.489 e. The highest BCUT2D eigenvalue weighted by Crippen LogP contribution is 2.52. The molecule has 5 nitrogen and oxygen atoms in total. The van der Waals surface area contributed by atoms with Crippen LogP contribution in [0.15, 0.2) is 29.3 Å². The van der Waals surface area contributed by atoms with E-state index in [4.69, 9.17) is 9.47 Å². The number of halogens is 1. The number of nitrogens with one attached hydrogen (secondary N) is 1. The third-order valence-electron chi connectivity index (χ3n) is 5.48. The minimum Gasteiger partial charge on any atom is -0.489 e. The molecule has 1 saturated heterocycles. The average Bonchev–Trinajstić information content (AvgIpc) is 3.04. The van der Waals surface area contributed by atoms with Gasteiger partial charge in [0.1, 0.15) is 6.61 Å². The normalized spacial score (nSPS) is 27.4. The average molecular weight is 349 g/mol. The van der Waals surface area contributed by atoms with Crippen molar-refractivity contribution in [1.29, 1.82) is 0 Å². The van der Waals surface area contributed by atoms with E-state index in [9.17, 15) is 4.39 Å². The van der Waals surface area contributed by atoms with Crippen LogP contribution in [0, 0.1) is 17.2 Å². The monoisotopic (exact) mass is 349 g/mol. The summed E-state index contributed by atoms with van der Waals surface area (Å²) >= 11 is 0. The summed E-state index contributed by atoms with van der Waals surface area (Å²) in [7, 11) is 3.75. The van der Waals surface area contributed by atoms with Crippen molar-refractivity contribution >= 4 is 5.96 Å². The Labute approximate surface area is 149 Å². The molecule has 138 valence electrons. The second kappa shape index (κ2) is 7.20. The maximum Gasteiger partial charge on any atom is 0.193 e. The van der Waals surface area contributed by atoms with Crippen molar-refractivity contribution < 1.29 is 13.9 Å². The van der Waals surface area contributed by atoms with Crippen LogP contribution in [0.2, 0.25) is 0 Å². The third kappa shape index (κ3) is 3.45. The molecule has 3 rings (SSSR count). The number of fused-ring (bicyclic) bond motifs is 1. The van der Waals surface area contributed by atoms with Gasteiger partial charge in [-0.1, -0.05) is 26.0 Å². The lowest BCUT2D eigenvalue weighted by Gasteiger charge is -2.55. The number of hydrogen-bond acceptors (Lipinski definition) is 3. The number of guanidine groups is 1. The molecule has 3 atom stereocenters. The molecular formula is C19H28FN3O2. The van der Waals surface area contributed by atoms with Crippen LogP contribution in [-0.2, 0) is 4.74 Å². The highest BCUT2D eigenvalue weighted by molar-refractivity contribution is 5.80. The second-order valence-electron chi connectivity index (χ2n) is 7.43. The van der Waals surface area contributed by atoms with E-state index in [1.54, 1.807) is 25.2 Å². The molecule has 1 aromatic rings. The number of rotatable bonds is 5. The molecule has 2 fully saturated rings. The fourth-order valence-electron chi connectivity index (χ4n) is 4.06. The van der Waals surface area contributed by atoms with Crippen LogP contribution in [0.25, 0.3) is 0 Å². The van der Waals surface area contributed by atoms with Gasteiger partial charge >= 0.3 is 0 Å². The number of nitrogens with zero attached hydrogens (tertiary/aromatic N) is 2. The highest BCUT2D eigenvalue weighted by Gasteiger charge is 2.59. The van der Waals surface area contributed by atoms with Crippen LogP contribution < -0.4 is 10.1 Å². The lowest BCUT2D eigenvalue weighted by Crippen LogP contribution is -2.68. The molecule has 25 heavy (non-hydrogen) atoms. The predicted molar refractivity (Wildman–Crippen MR) is 96.4 cm³/mol. The molecular weight excluding hydrogens is 321 g/mol. The molecule has 6 heteroatoms. The van der Waals surface area contributed by atoms with E-state index in [0.717, 1.165) is 19.0 Å². The fraction of sp³-hybridized carbons (Fsp3) is 0.632. The standard InChI is InChI=1S/C19H28FN3O2/c1-19(2)16(13-9-11-25-17(13)19)22-18(21-3)23(4)10-12-24-15-8-6-5-7-14(15)20/h5-8,13,16-17H,9-12H2,1-4H3,(H,21,22). The smallest absolute Gasteiger partial charge is 0.193 e. The van der Waals surface area contributed by atoms with Gasteiger partial charge in [-0.15, -0.1) is 0 Å². The molecule has 0 aromatic heterocycles. The van der Waals surface area contributed by atoms with Gasteiger partial charge in [-0.2, -0.15) is 0 Å². The van der Waals surface area contributed by atoms with Crippen LogP contribution in [0.3, 0.4) is 0 Å². The molecule has 0 amide bonds. The van der Waals surface area contributed by atoms with Gasteiger partial charge < -0.3 is 19.7 Å². The van der Waals surface area contributed by atoms with Gasteiger partial charge in [-0.25, -0.2) is 4.39 Å². The summed E-state index contributed by atoms with van der Waals surface area (Å²) in [5.74, 6) is 1.33. The van der Waals surface area contributed by atoms with E-state index in [1.165, 1.54) is 6.07 Å². The first-order valence-electron chi connectivity index (χ1n) is 8.88. The topological polar surface area (TPSA) is 46.1 Å². The maximum atomic E-state index is 13.6. The first kappa shape index (κ1) is 18.0. The Bertz CT molecular complexity index is 635. The number of benzene rings is 1. The number of likely N-dealkylation sites (N-methyl/N-ethyl adjacent to an activating group) is 1. The fourth-order valence-corrected chi connectivity index (χ4v) is 4.06. The van der Waals surface area contributed by atoms with Crippen molar-refractivity contribution in [2.75, 3.05) is 33.9 Å². The molecule has 1 heterocycles. The van der Waals surface area contributed by atoms with E-state index in [1.807, 2.05) is 11.9 Å². The summed E-state index contributed by atoms with van der Waals surface area (Å²) in [5.41, 5.74) is 0.0988. The molecule has 1 aliphatic heterocycles. The molecule has 3 unspecified atom stereocenters. The van der Waals surface area contributed by atoms with Gasteiger partial charge in [0, 0.05) is 38.1 Å². The number of aliphatic imine (C=N–C) groups is 1. The van der Waals surface area contributed by atoms with E-state index in [-0.39, 0.29) is 17.0 Å². The number of ether oxygens (including phenoxy) is 2. The number of hydrogen-bond donors (Lipinski definition) is 1. The van der Waals surface area contributed by atoms with Crippen molar-refractivity contribution in [3.63, 3.8) is 0 Å². The molecule has 1 aliphatic carbocycles. The van der Waals surface area contributed by atoms with Crippen LogP contribution in [0.5, 0.6) is 5.75 Å². The van der Waals surface area contributed by atoms with Gasteiger partial charge in [-0.05, 0) is 18.6 Å². The van der Waals surface area contributed by atoms with Crippen LogP contribution in [-0.4, -0.2) is 56.9 Å². The Morgan fingerprint density at radius 3 is 2.92 bits per heavy atom. The first-order chi connectivity index (χ1) is 11.9. The Morgan fingerprint density at radius 1 is 1.44 bits per heavy atom. The van der Waals surface area contributed by atoms with Crippen molar-refractivity contribution in [2.45, 2.75) is 32.4 Å². The summed E-state index contributed by atoms with van der Waals surface area (Å²) in [6, 6.07) is 6.81. The molecule has 1 saturated carbocycles. The minimum absolute atomic E-state index is 0.0988. The lowest BCUT2D eigenvalue weighted by atomic mass is 9.57. The molecule has 0 bridgehead atoms. The predicted octanol–water partition coefficient (Wildman–Crippen LogP) is 2.53. The van der Waals surface area contributed by atoms with E-state index < -0.39 is 0 Å². The van der Waals surface area contributed by atoms with E-state index in [0.29, 0.717) is 31.2 Å². The van der Waals surface area contributed by atoms with Crippen molar-refractivity contribution in [2.24, 2.45) is 16.3 Å². The zero-order valence-electron chi connectivity index (χ0n) is 15.5. The van der Waals surface area contributed by atoms with Gasteiger partial charge in [0.05, 0.1) is 12.6 Å². The third-order valence-corrected chi connectivity index (χ3v) is 5.48. The van der Waals surface area contributed by atoms with E-state index >= 15 is 0 Å². The zero-order chi connectivity index (χ0) is 18.0. The van der Waals surface area contributed by atoms with Crippen LogP contribution in [0.4, 0.5) is 4.39 Å². The van der Waals surface area contributed by atoms with Crippen LogP contribution >= 0.6 is 0 Å². The molecule has 2 aliphatic rings. The summed E-state index contributed by atoms with van der Waals surface area (Å²) in [4.78, 5) is 6.41. The van der Waals surface area contributed by atoms with Gasteiger partial charge in [0.2, 0.25) is 0 Å². The van der Waals surface area contributed by atoms with Crippen molar-refractivity contribution in [3.05, 3.63) is 30.1 Å². The quantitative estimate of drug-likeness (QED) is 0.655. The Balaban J connectivity index is 1.52. The first-order valence-corrected chi connectivity index (χ1v) is 8.88. The maximum absolute atomic E-state index is 13.6.